The molecule has 3 rings (SSSR count). The highest BCUT2D eigenvalue weighted by Gasteiger charge is 2.14. The van der Waals surface area contributed by atoms with Crippen LogP contribution in [0.1, 0.15) is 16.2 Å². The van der Waals surface area contributed by atoms with Crippen molar-refractivity contribution in [3.05, 3.63) is 82.7 Å². The van der Waals surface area contributed by atoms with Crippen molar-refractivity contribution in [1.82, 2.24) is 9.36 Å². The molecule has 0 radical (unpaired) electrons. The fourth-order valence-electron chi connectivity index (χ4n) is 2.25. The van der Waals surface area contributed by atoms with Crippen LogP contribution in [0, 0.1) is 6.92 Å². The van der Waals surface area contributed by atoms with Crippen LogP contribution in [-0.4, -0.2) is 15.3 Å². The van der Waals surface area contributed by atoms with Crippen LogP contribution in [0.25, 0.3) is 11.8 Å². The molecule has 2 heterocycles. The summed E-state index contributed by atoms with van der Waals surface area (Å²) in [4.78, 5) is 24.6. The average molecular weight is 294 g/mol. The van der Waals surface area contributed by atoms with Crippen molar-refractivity contribution in [2.45, 2.75) is 6.92 Å². The largest absolute Gasteiger partial charge is 0.465 e. The zero-order valence-corrected chi connectivity index (χ0v) is 12.0. The standard InChI is InChI=1S/C17H14N2O3/c1-13-12-17(21)19(14-6-3-2-4-7-14)18(13)16(20)10-9-15-8-5-11-22-15/h2-12H,1H3/b10-9+. The Morgan fingerprint density at radius 1 is 1.14 bits per heavy atom. The summed E-state index contributed by atoms with van der Waals surface area (Å²) in [6.45, 7) is 1.72. The van der Waals surface area contributed by atoms with Gasteiger partial charge in [0, 0.05) is 17.8 Å². The zero-order chi connectivity index (χ0) is 15.5. The van der Waals surface area contributed by atoms with Gasteiger partial charge in [0.05, 0.1) is 12.0 Å². The van der Waals surface area contributed by atoms with Gasteiger partial charge >= 0.3 is 0 Å². The minimum absolute atomic E-state index is 0.247. The topological polar surface area (TPSA) is 57.1 Å². The maximum absolute atomic E-state index is 12.4. The van der Waals surface area contributed by atoms with Crippen molar-refractivity contribution in [2.75, 3.05) is 0 Å². The van der Waals surface area contributed by atoms with E-state index in [1.165, 1.54) is 27.8 Å². The second kappa shape index (κ2) is 5.73. The number of nitrogens with zero attached hydrogens (tertiary/aromatic N) is 2. The lowest BCUT2D eigenvalue weighted by molar-refractivity contribution is 0.0943. The molecule has 0 bridgehead atoms. The molecule has 0 spiro atoms. The number of benzene rings is 1. The summed E-state index contributed by atoms with van der Waals surface area (Å²) in [5, 5.41) is 0. The van der Waals surface area contributed by atoms with Crippen molar-refractivity contribution in [2.24, 2.45) is 0 Å². The summed E-state index contributed by atoms with van der Waals surface area (Å²) >= 11 is 0. The quantitative estimate of drug-likeness (QED) is 0.698. The minimum Gasteiger partial charge on any atom is -0.465 e. The first-order valence-corrected chi connectivity index (χ1v) is 6.80. The van der Waals surface area contributed by atoms with E-state index in [0.717, 1.165) is 0 Å². The van der Waals surface area contributed by atoms with Gasteiger partial charge in [-0.05, 0) is 37.3 Å². The Morgan fingerprint density at radius 2 is 1.91 bits per heavy atom. The van der Waals surface area contributed by atoms with Gasteiger partial charge in [-0.2, -0.15) is 0 Å². The lowest BCUT2D eigenvalue weighted by Crippen LogP contribution is -2.25. The number of hydrogen-bond donors (Lipinski definition) is 0. The molecule has 0 amide bonds. The molecule has 2 aromatic heterocycles. The third kappa shape index (κ3) is 2.56. The highest BCUT2D eigenvalue weighted by atomic mass is 16.3. The molecule has 0 saturated heterocycles. The van der Waals surface area contributed by atoms with Crippen LogP contribution in [0.4, 0.5) is 0 Å². The molecule has 0 N–H and O–H groups in total. The van der Waals surface area contributed by atoms with E-state index in [0.29, 0.717) is 17.1 Å². The molecule has 22 heavy (non-hydrogen) atoms. The molecule has 0 aliphatic rings. The zero-order valence-electron chi connectivity index (χ0n) is 12.0. The van der Waals surface area contributed by atoms with E-state index in [1.54, 1.807) is 37.3 Å². The van der Waals surface area contributed by atoms with Crippen LogP contribution in [0.15, 0.2) is 70.1 Å². The van der Waals surface area contributed by atoms with Gasteiger partial charge in [0.2, 0.25) is 0 Å². The number of hydrogen-bond acceptors (Lipinski definition) is 3. The highest BCUT2D eigenvalue weighted by molar-refractivity contribution is 5.93. The minimum atomic E-state index is -0.320. The summed E-state index contributed by atoms with van der Waals surface area (Å²) in [7, 11) is 0. The summed E-state index contributed by atoms with van der Waals surface area (Å²) in [6.07, 6.45) is 4.48. The average Bonchev–Trinajstić information content (AvgIpc) is 3.13. The lowest BCUT2D eigenvalue weighted by atomic mass is 10.3. The molecular weight excluding hydrogens is 280 g/mol. The van der Waals surface area contributed by atoms with Crippen LogP contribution < -0.4 is 5.56 Å². The van der Waals surface area contributed by atoms with Crippen LogP contribution >= 0.6 is 0 Å². The van der Waals surface area contributed by atoms with E-state index in [1.807, 2.05) is 18.2 Å². The van der Waals surface area contributed by atoms with Crippen LogP contribution in [-0.2, 0) is 0 Å². The number of carbonyl (C=O) groups excluding carboxylic acids is 1. The van der Waals surface area contributed by atoms with Crippen molar-refractivity contribution < 1.29 is 9.21 Å². The number of carbonyl (C=O) groups is 1. The molecule has 0 fully saturated rings. The predicted octanol–water partition coefficient (Wildman–Crippen LogP) is 2.89. The van der Waals surface area contributed by atoms with Crippen molar-refractivity contribution in [1.29, 1.82) is 0 Å². The van der Waals surface area contributed by atoms with Gasteiger partial charge in [0.15, 0.2) is 0 Å². The third-order valence-electron chi connectivity index (χ3n) is 3.22. The molecule has 3 aromatic rings. The summed E-state index contributed by atoms with van der Waals surface area (Å²) in [6, 6.07) is 14.0. The Hall–Kier alpha value is -3.08. The van der Waals surface area contributed by atoms with E-state index in [2.05, 4.69) is 0 Å². The lowest BCUT2D eigenvalue weighted by Gasteiger charge is -2.10. The maximum atomic E-state index is 12.4. The molecule has 0 atom stereocenters. The smallest absolute Gasteiger partial charge is 0.272 e. The number of para-hydroxylation sites is 1. The van der Waals surface area contributed by atoms with Gasteiger partial charge < -0.3 is 4.42 Å². The molecule has 0 unspecified atom stereocenters. The normalized spacial score (nSPS) is 11.1. The van der Waals surface area contributed by atoms with Crippen molar-refractivity contribution >= 4 is 12.0 Å². The van der Waals surface area contributed by atoms with E-state index in [9.17, 15) is 9.59 Å². The SMILES string of the molecule is Cc1cc(=O)n(-c2ccccc2)n1C(=O)/C=C/c1ccco1. The first kappa shape index (κ1) is 13.9. The van der Waals surface area contributed by atoms with Gasteiger partial charge in [-0.3, -0.25) is 9.59 Å². The predicted molar refractivity (Wildman–Crippen MR) is 83.1 cm³/mol. The molecule has 0 saturated carbocycles. The number of aromatic nitrogens is 2. The van der Waals surface area contributed by atoms with Gasteiger partial charge in [-0.1, -0.05) is 18.2 Å². The molecule has 1 aromatic carbocycles. The Kier molecular flexibility index (Phi) is 3.62. The number of allylic oxidation sites excluding steroid dienone is 1. The molecular formula is C17H14N2O3. The fraction of sp³-hybridized carbons (Fsp3) is 0.0588. The van der Waals surface area contributed by atoms with E-state index >= 15 is 0 Å². The maximum Gasteiger partial charge on any atom is 0.272 e. The summed E-state index contributed by atoms with van der Waals surface area (Å²) in [5.41, 5.74) is 0.965. The summed E-state index contributed by atoms with van der Waals surface area (Å²) < 4.78 is 7.85. The van der Waals surface area contributed by atoms with E-state index in [4.69, 9.17) is 4.42 Å². The van der Waals surface area contributed by atoms with Crippen LogP contribution in [0.2, 0.25) is 0 Å². The molecule has 5 heteroatoms. The second-order valence-electron chi connectivity index (χ2n) is 4.77. The third-order valence-corrected chi connectivity index (χ3v) is 3.22. The Labute approximate surface area is 126 Å². The van der Waals surface area contributed by atoms with Crippen LogP contribution in [0.3, 0.4) is 0 Å². The van der Waals surface area contributed by atoms with Crippen molar-refractivity contribution in [3.63, 3.8) is 0 Å². The number of aryl methyl sites for hydroxylation is 1. The van der Waals surface area contributed by atoms with Gasteiger partial charge in [0.1, 0.15) is 5.76 Å². The Balaban J connectivity index is 2.04. The molecule has 5 nitrogen and oxygen atoms in total. The van der Waals surface area contributed by atoms with Gasteiger partial charge in [0.25, 0.3) is 11.5 Å². The monoisotopic (exact) mass is 294 g/mol. The van der Waals surface area contributed by atoms with Crippen LogP contribution in [0.5, 0.6) is 0 Å². The molecule has 110 valence electrons. The fourth-order valence-corrected chi connectivity index (χ4v) is 2.25. The molecule has 0 aliphatic carbocycles. The first-order chi connectivity index (χ1) is 10.7. The van der Waals surface area contributed by atoms with Crippen molar-refractivity contribution in [3.8, 4) is 5.69 Å². The number of furan rings is 1. The first-order valence-electron chi connectivity index (χ1n) is 6.80. The Bertz CT molecular complexity index is 869. The molecule has 0 aliphatic heterocycles. The van der Waals surface area contributed by atoms with Gasteiger partial charge in [-0.15, -0.1) is 0 Å². The highest BCUT2D eigenvalue weighted by Crippen LogP contribution is 2.09. The summed E-state index contributed by atoms with van der Waals surface area (Å²) in [5.74, 6) is 0.256. The van der Waals surface area contributed by atoms with E-state index < -0.39 is 0 Å². The second-order valence-corrected chi connectivity index (χ2v) is 4.77. The Morgan fingerprint density at radius 3 is 2.59 bits per heavy atom. The van der Waals surface area contributed by atoms with Gasteiger partial charge in [-0.25, -0.2) is 9.36 Å². The van der Waals surface area contributed by atoms with E-state index in [-0.39, 0.29) is 11.5 Å². The number of rotatable bonds is 3.